The van der Waals surface area contributed by atoms with E-state index in [1.54, 1.807) is 0 Å². The molecule has 0 heterocycles. The van der Waals surface area contributed by atoms with Crippen LogP contribution in [0.15, 0.2) is 0 Å². The molecule has 18 heavy (non-hydrogen) atoms. The van der Waals surface area contributed by atoms with Crippen molar-refractivity contribution < 1.29 is 0 Å². The molecule has 0 saturated heterocycles. The molecule has 0 saturated carbocycles. The van der Waals surface area contributed by atoms with Gasteiger partial charge in [0.2, 0.25) is 0 Å². The maximum atomic E-state index is 5.69. The van der Waals surface area contributed by atoms with Crippen LogP contribution in [0.3, 0.4) is 0 Å². The number of alkyl halides is 3. The minimum absolute atomic E-state index is 0.686. The van der Waals surface area contributed by atoms with Crippen molar-refractivity contribution in [3.8, 4) is 0 Å². The van der Waals surface area contributed by atoms with Crippen molar-refractivity contribution >= 4 is 45.0 Å². The van der Waals surface area contributed by atoms with Crippen LogP contribution in [-0.2, 0) is 0 Å². The van der Waals surface area contributed by atoms with E-state index in [0.29, 0.717) is 6.42 Å². The van der Waals surface area contributed by atoms with Crippen LogP contribution in [0.4, 0.5) is 0 Å². The van der Waals surface area contributed by atoms with E-state index in [0.717, 1.165) is 12.5 Å². The van der Waals surface area contributed by atoms with Crippen LogP contribution < -0.4 is 0 Å². The van der Waals surface area contributed by atoms with Crippen molar-refractivity contribution in [2.24, 2.45) is 0 Å². The third-order valence-corrected chi connectivity index (χ3v) is 4.06. The van der Waals surface area contributed by atoms with Gasteiger partial charge in [0, 0.05) is 10.2 Å². The average Bonchev–Trinajstić information content (AvgIpc) is 2.29. The molecule has 0 aromatic carbocycles. The first-order valence-corrected chi connectivity index (χ1v) is 9.12. The Kier molecular flexibility index (Phi) is 13.9. The quantitative estimate of drug-likeness (QED) is 0.214. The Balaban J connectivity index is 2.99. The summed E-state index contributed by atoms with van der Waals surface area (Å²) in [7, 11) is 3.50. The van der Waals surface area contributed by atoms with E-state index >= 15 is 0 Å². The highest BCUT2D eigenvalue weighted by Gasteiger charge is 2.17. The second-order valence-corrected chi connectivity index (χ2v) is 8.02. The molecular formula is C14H26Cl3Si. The number of rotatable bonds is 12. The highest BCUT2D eigenvalue weighted by Crippen LogP contribution is 2.32. The molecule has 0 aromatic heterocycles. The molecule has 0 aliphatic rings. The highest BCUT2D eigenvalue weighted by molar-refractivity contribution is 6.67. The zero-order valence-corrected chi connectivity index (χ0v) is 14.6. The largest absolute Gasteiger partial charge is 0.190 e. The predicted molar refractivity (Wildman–Crippen MR) is 86.3 cm³/mol. The third-order valence-electron chi connectivity index (χ3n) is 3.14. The first kappa shape index (κ1) is 19.1. The van der Waals surface area contributed by atoms with Gasteiger partial charge in [-0.15, -0.1) is 0 Å². The summed E-state index contributed by atoms with van der Waals surface area (Å²) >= 11 is 17.1. The lowest BCUT2D eigenvalue weighted by atomic mass is 10.1. The Hall–Kier alpha value is 1.09. The molecule has 0 bridgehead atoms. The smallest absolute Gasteiger partial charge is 0.0837 e. The van der Waals surface area contributed by atoms with Gasteiger partial charge in [0.05, 0.1) is 0 Å². The molecule has 0 aliphatic carbocycles. The Morgan fingerprint density at radius 3 is 1.22 bits per heavy atom. The molecule has 0 aromatic rings. The van der Waals surface area contributed by atoms with Gasteiger partial charge in [-0.1, -0.05) is 105 Å². The molecule has 0 rings (SSSR count). The summed E-state index contributed by atoms with van der Waals surface area (Å²) in [6.07, 6.45) is 15.2. The Morgan fingerprint density at radius 1 is 0.556 bits per heavy atom. The number of halogens is 3. The molecule has 3 radical (unpaired) electrons. The topological polar surface area (TPSA) is 0 Å². The van der Waals surface area contributed by atoms with Gasteiger partial charge in [0.15, 0.2) is 3.79 Å². The van der Waals surface area contributed by atoms with Crippen LogP contribution in [0.1, 0.15) is 77.0 Å². The van der Waals surface area contributed by atoms with Crippen molar-refractivity contribution in [2.45, 2.75) is 86.9 Å². The van der Waals surface area contributed by atoms with Gasteiger partial charge in [-0.25, -0.2) is 0 Å². The van der Waals surface area contributed by atoms with Gasteiger partial charge in [0.25, 0.3) is 0 Å². The van der Waals surface area contributed by atoms with Crippen LogP contribution in [-0.4, -0.2) is 14.0 Å². The van der Waals surface area contributed by atoms with Gasteiger partial charge in [-0.05, 0) is 12.8 Å². The molecule has 107 valence electrons. The van der Waals surface area contributed by atoms with E-state index < -0.39 is 3.79 Å². The molecule has 0 aliphatic heterocycles. The van der Waals surface area contributed by atoms with Crippen LogP contribution in [0.25, 0.3) is 0 Å². The SMILES string of the molecule is [Si]CCCCCCCCCCCCCC(Cl)(Cl)Cl. The van der Waals surface area contributed by atoms with Crippen molar-refractivity contribution in [3.63, 3.8) is 0 Å². The number of hydrogen-bond acceptors (Lipinski definition) is 0. The van der Waals surface area contributed by atoms with Crippen molar-refractivity contribution in [2.75, 3.05) is 0 Å². The van der Waals surface area contributed by atoms with Crippen molar-refractivity contribution in [3.05, 3.63) is 0 Å². The van der Waals surface area contributed by atoms with E-state index in [9.17, 15) is 0 Å². The molecule has 0 nitrogen and oxygen atoms in total. The monoisotopic (exact) mass is 327 g/mol. The number of hydrogen-bond donors (Lipinski definition) is 0. The molecule has 0 N–H and O–H groups in total. The molecule has 0 amide bonds. The fourth-order valence-corrected chi connectivity index (χ4v) is 2.69. The molecule has 0 fully saturated rings. The number of unbranched alkanes of at least 4 members (excludes halogenated alkanes) is 10. The normalized spacial score (nSPS) is 12.0. The van der Waals surface area contributed by atoms with E-state index in [4.69, 9.17) is 34.8 Å². The Labute approximate surface area is 132 Å². The maximum Gasteiger partial charge on any atom is 0.190 e. The summed E-state index contributed by atoms with van der Waals surface area (Å²) in [6, 6.07) is 1.15. The van der Waals surface area contributed by atoms with Crippen LogP contribution >= 0.6 is 34.8 Å². The van der Waals surface area contributed by atoms with Crippen LogP contribution in [0.5, 0.6) is 0 Å². The molecule has 0 spiro atoms. The van der Waals surface area contributed by atoms with Gasteiger partial charge in [-0.3, -0.25) is 0 Å². The zero-order chi connectivity index (χ0) is 13.7. The summed E-state index contributed by atoms with van der Waals surface area (Å²) < 4.78 is -1.05. The fraction of sp³-hybridized carbons (Fsp3) is 1.00. The van der Waals surface area contributed by atoms with Crippen LogP contribution in [0, 0.1) is 0 Å². The summed E-state index contributed by atoms with van der Waals surface area (Å²) in [5.41, 5.74) is 0. The molecule has 0 atom stereocenters. The second kappa shape index (κ2) is 13.1. The third kappa shape index (κ3) is 17.1. The van der Waals surface area contributed by atoms with Crippen molar-refractivity contribution in [1.29, 1.82) is 0 Å². The zero-order valence-electron chi connectivity index (χ0n) is 11.3. The summed E-state index contributed by atoms with van der Waals surface area (Å²) in [5.74, 6) is 0. The van der Waals surface area contributed by atoms with E-state index in [2.05, 4.69) is 10.2 Å². The Bertz CT molecular complexity index is 169. The lowest BCUT2D eigenvalue weighted by molar-refractivity contribution is 0.545. The Morgan fingerprint density at radius 2 is 0.889 bits per heavy atom. The summed E-state index contributed by atoms with van der Waals surface area (Å²) in [5, 5.41) is 0. The lowest BCUT2D eigenvalue weighted by Crippen LogP contribution is -2.00. The maximum absolute atomic E-state index is 5.69. The van der Waals surface area contributed by atoms with Crippen LogP contribution in [0.2, 0.25) is 6.04 Å². The van der Waals surface area contributed by atoms with Gasteiger partial charge in [-0.2, -0.15) is 0 Å². The minimum Gasteiger partial charge on any atom is -0.0837 e. The lowest BCUT2D eigenvalue weighted by Gasteiger charge is -2.09. The standard InChI is InChI=1S/C14H26Cl3Si/c15-14(16,17)12-10-8-6-4-2-1-3-5-7-9-11-13-18/h1-13H2. The van der Waals surface area contributed by atoms with E-state index in [1.807, 2.05) is 0 Å². The molecular weight excluding hydrogens is 303 g/mol. The van der Waals surface area contributed by atoms with Gasteiger partial charge < -0.3 is 0 Å². The average molecular weight is 329 g/mol. The van der Waals surface area contributed by atoms with Gasteiger partial charge in [0.1, 0.15) is 0 Å². The van der Waals surface area contributed by atoms with E-state index in [-0.39, 0.29) is 0 Å². The van der Waals surface area contributed by atoms with Crippen molar-refractivity contribution in [1.82, 2.24) is 0 Å². The van der Waals surface area contributed by atoms with Gasteiger partial charge >= 0.3 is 0 Å². The molecule has 0 unspecified atom stereocenters. The summed E-state index contributed by atoms with van der Waals surface area (Å²) in [4.78, 5) is 0. The highest BCUT2D eigenvalue weighted by atomic mass is 35.6. The molecule has 4 heteroatoms. The predicted octanol–water partition coefficient (Wildman–Crippen LogP) is 6.62. The second-order valence-electron chi connectivity index (χ2n) is 5.00. The first-order valence-electron chi connectivity index (χ1n) is 7.27. The summed E-state index contributed by atoms with van der Waals surface area (Å²) in [6.45, 7) is 0. The fourth-order valence-electron chi connectivity index (χ4n) is 2.04. The minimum atomic E-state index is -1.05. The van der Waals surface area contributed by atoms with E-state index in [1.165, 1.54) is 64.2 Å². The first-order chi connectivity index (χ1) is 8.56.